The molecule has 0 radical (unpaired) electrons. The van der Waals surface area contributed by atoms with E-state index in [0.29, 0.717) is 17.3 Å². The van der Waals surface area contributed by atoms with Gasteiger partial charge in [0.25, 0.3) is 0 Å². The number of esters is 1. The average molecular weight is 367 g/mol. The lowest BCUT2D eigenvalue weighted by atomic mass is 10.0. The van der Waals surface area contributed by atoms with E-state index in [9.17, 15) is 4.79 Å². The Morgan fingerprint density at radius 1 is 1.04 bits per heavy atom. The Morgan fingerprint density at radius 2 is 1.77 bits per heavy atom. The van der Waals surface area contributed by atoms with Crippen molar-refractivity contribution >= 4 is 17.6 Å². The number of aryl methyl sites for hydroxylation is 1. The van der Waals surface area contributed by atoms with Crippen LogP contribution in [-0.4, -0.2) is 23.0 Å². The van der Waals surface area contributed by atoms with E-state index in [-0.39, 0.29) is 12.4 Å². The summed E-state index contributed by atoms with van der Waals surface area (Å²) in [6.45, 7) is 1.96. The number of carbonyl (C=O) groups excluding carboxylic acids is 1. The van der Waals surface area contributed by atoms with E-state index in [1.54, 1.807) is 0 Å². The molecule has 0 saturated heterocycles. The molecule has 0 amide bonds. The first-order chi connectivity index (χ1) is 12.5. The van der Waals surface area contributed by atoms with Crippen molar-refractivity contribution in [3.63, 3.8) is 0 Å². The Bertz CT molecular complexity index is 924. The lowest BCUT2D eigenvalue weighted by Crippen LogP contribution is -2.04. The van der Waals surface area contributed by atoms with Crippen molar-refractivity contribution < 1.29 is 9.53 Å². The summed E-state index contributed by atoms with van der Waals surface area (Å²) in [6.07, 6.45) is 0.970. The van der Waals surface area contributed by atoms with Gasteiger partial charge in [0.1, 0.15) is 0 Å². The number of nitrogens with zero attached hydrogens (tertiary/aromatic N) is 2. The maximum absolute atomic E-state index is 11.3. The number of hydrogen-bond donors (Lipinski definition) is 0. The molecule has 1 heterocycles. The zero-order chi connectivity index (χ0) is 18.5. The van der Waals surface area contributed by atoms with Gasteiger partial charge >= 0.3 is 5.97 Å². The SMILES string of the molecule is COC(=O)Cc1ccc(Cc2cc(C)nc(-c3cccc(Cl)c3)n2)cc1. The summed E-state index contributed by atoms with van der Waals surface area (Å²) >= 11 is 6.08. The molecule has 0 atom stereocenters. The zero-order valence-corrected chi connectivity index (χ0v) is 15.5. The molecule has 0 aliphatic rings. The van der Waals surface area contributed by atoms with E-state index >= 15 is 0 Å². The third-order valence-corrected chi connectivity index (χ3v) is 4.21. The van der Waals surface area contributed by atoms with Crippen LogP contribution >= 0.6 is 11.6 Å². The Hall–Kier alpha value is -2.72. The van der Waals surface area contributed by atoms with Crippen LogP contribution in [0, 0.1) is 6.92 Å². The topological polar surface area (TPSA) is 52.1 Å². The molecule has 0 aliphatic heterocycles. The molecule has 132 valence electrons. The maximum Gasteiger partial charge on any atom is 0.309 e. The third-order valence-electron chi connectivity index (χ3n) is 3.97. The molecule has 2 aromatic carbocycles. The van der Waals surface area contributed by atoms with Gasteiger partial charge in [-0.05, 0) is 36.2 Å². The second-order valence-corrected chi connectivity index (χ2v) is 6.52. The summed E-state index contributed by atoms with van der Waals surface area (Å²) in [7, 11) is 1.39. The molecule has 0 N–H and O–H groups in total. The average Bonchev–Trinajstić information content (AvgIpc) is 2.63. The first-order valence-corrected chi connectivity index (χ1v) is 8.66. The second-order valence-electron chi connectivity index (χ2n) is 6.08. The van der Waals surface area contributed by atoms with Crippen LogP contribution in [0.15, 0.2) is 54.6 Å². The van der Waals surface area contributed by atoms with Crippen LogP contribution in [0.2, 0.25) is 5.02 Å². The van der Waals surface area contributed by atoms with Crippen LogP contribution in [-0.2, 0) is 22.4 Å². The zero-order valence-electron chi connectivity index (χ0n) is 14.7. The van der Waals surface area contributed by atoms with Gasteiger partial charge in [0.2, 0.25) is 0 Å². The highest BCUT2D eigenvalue weighted by Gasteiger charge is 2.08. The molecule has 3 rings (SSSR count). The van der Waals surface area contributed by atoms with E-state index in [4.69, 9.17) is 16.3 Å². The lowest BCUT2D eigenvalue weighted by Gasteiger charge is -2.08. The van der Waals surface area contributed by atoms with E-state index in [1.165, 1.54) is 7.11 Å². The highest BCUT2D eigenvalue weighted by molar-refractivity contribution is 6.30. The van der Waals surface area contributed by atoms with Crippen molar-refractivity contribution in [3.05, 3.63) is 82.1 Å². The Morgan fingerprint density at radius 3 is 2.46 bits per heavy atom. The van der Waals surface area contributed by atoms with Gasteiger partial charge in [-0.25, -0.2) is 9.97 Å². The largest absolute Gasteiger partial charge is 0.469 e. The first-order valence-electron chi connectivity index (χ1n) is 8.28. The molecule has 0 spiro atoms. The minimum Gasteiger partial charge on any atom is -0.469 e. The monoisotopic (exact) mass is 366 g/mol. The molecule has 4 nitrogen and oxygen atoms in total. The van der Waals surface area contributed by atoms with Gasteiger partial charge in [-0.2, -0.15) is 0 Å². The summed E-state index contributed by atoms with van der Waals surface area (Å²) < 4.78 is 4.69. The van der Waals surface area contributed by atoms with Gasteiger partial charge in [0.15, 0.2) is 5.82 Å². The number of benzene rings is 2. The summed E-state index contributed by atoms with van der Waals surface area (Å²) in [5.41, 5.74) is 4.80. The van der Waals surface area contributed by atoms with E-state index in [2.05, 4.69) is 9.97 Å². The van der Waals surface area contributed by atoms with Gasteiger partial charge in [0.05, 0.1) is 13.5 Å². The van der Waals surface area contributed by atoms with E-state index < -0.39 is 0 Å². The van der Waals surface area contributed by atoms with Gasteiger partial charge in [-0.1, -0.05) is 48.0 Å². The van der Waals surface area contributed by atoms with Crippen molar-refractivity contribution in [2.45, 2.75) is 19.8 Å². The summed E-state index contributed by atoms with van der Waals surface area (Å²) in [5.74, 6) is 0.431. The number of ether oxygens (including phenoxy) is 1. The van der Waals surface area contributed by atoms with Crippen molar-refractivity contribution in [1.29, 1.82) is 0 Å². The third kappa shape index (κ3) is 4.67. The quantitative estimate of drug-likeness (QED) is 0.627. The minimum atomic E-state index is -0.240. The Kier molecular flexibility index (Phi) is 5.64. The van der Waals surface area contributed by atoms with E-state index in [1.807, 2.05) is 61.5 Å². The first kappa shape index (κ1) is 18.1. The number of aromatic nitrogens is 2. The number of methoxy groups -OCH3 is 1. The normalized spacial score (nSPS) is 10.6. The van der Waals surface area contributed by atoms with Gasteiger partial charge in [0, 0.05) is 28.4 Å². The number of hydrogen-bond acceptors (Lipinski definition) is 4. The van der Waals surface area contributed by atoms with E-state index in [0.717, 1.165) is 28.1 Å². The predicted molar refractivity (Wildman–Crippen MR) is 102 cm³/mol. The van der Waals surface area contributed by atoms with Gasteiger partial charge in [-0.3, -0.25) is 4.79 Å². The van der Waals surface area contributed by atoms with Crippen molar-refractivity contribution in [2.75, 3.05) is 7.11 Å². The second kappa shape index (κ2) is 8.11. The molecule has 0 saturated carbocycles. The fourth-order valence-corrected chi connectivity index (χ4v) is 2.89. The molecule has 0 fully saturated rings. The highest BCUT2D eigenvalue weighted by atomic mass is 35.5. The maximum atomic E-state index is 11.3. The minimum absolute atomic E-state index is 0.240. The molecule has 3 aromatic rings. The van der Waals surface area contributed by atoms with Gasteiger partial charge in [-0.15, -0.1) is 0 Å². The number of carbonyl (C=O) groups is 1. The molecule has 5 heteroatoms. The number of halogens is 1. The Labute approximate surface area is 157 Å². The standard InChI is InChI=1S/C21H19ClN2O2/c1-14-10-19(24-21(23-14)17-4-3-5-18(22)13-17)11-15-6-8-16(9-7-15)12-20(25)26-2/h3-10,13H,11-12H2,1-2H3. The molecule has 0 aliphatic carbocycles. The van der Waals surface area contributed by atoms with Crippen LogP contribution in [0.25, 0.3) is 11.4 Å². The fourth-order valence-electron chi connectivity index (χ4n) is 2.70. The van der Waals surface area contributed by atoms with Crippen molar-refractivity contribution in [2.24, 2.45) is 0 Å². The van der Waals surface area contributed by atoms with Crippen molar-refractivity contribution in [3.8, 4) is 11.4 Å². The molecule has 0 unspecified atom stereocenters. The molecular weight excluding hydrogens is 348 g/mol. The van der Waals surface area contributed by atoms with Crippen LogP contribution < -0.4 is 0 Å². The molecular formula is C21H19ClN2O2. The number of rotatable bonds is 5. The molecule has 0 bridgehead atoms. The highest BCUT2D eigenvalue weighted by Crippen LogP contribution is 2.21. The van der Waals surface area contributed by atoms with Crippen LogP contribution in [0.4, 0.5) is 0 Å². The molecule has 26 heavy (non-hydrogen) atoms. The summed E-state index contributed by atoms with van der Waals surface area (Å²) in [4.78, 5) is 20.5. The van der Waals surface area contributed by atoms with Gasteiger partial charge < -0.3 is 4.74 Å². The van der Waals surface area contributed by atoms with Crippen LogP contribution in [0.1, 0.15) is 22.5 Å². The Balaban J connectivity index is 1.81. The summed E-state index contributed by atoms with van der Waals surface area (Å²) in [5, 5.41) is 0.662. The molecule has 1 aromatic heterocycles. The lowest BCUT2D eigenvalue weighted by molar-refractivity contribution is -0.139. The summed E-state index contributed by atoms with van der Waals surface area (Å²) in [6, 6.07) is 17.4. The fraction of sp³-hybridized carbons (Fsp3) is 0.190. The van der Waals surface area contributed by atoms with Crippen molar-refractivity contribution in [1.82, 2.24) is 9.97 Å². The van der Waals surface area contributed by atoms with Crippen LogP contribution in [0.3, 0.4) is 0 Å². The van der Waals surface area contributed by atoms with Crippen LogP contribution in [0.5, 0.6) is 0 Å². The smallest absolute Gasteiger partial charge is 0.309 e. The predicted octanol–water partition coefficient (Wildman–Crippen LogP) is 4.41.